The number of carbonyl (C=O) groups is 1. The lowest BCUT2D eigenvalue weighted by Crippen LogP contribution is -2.13. The number of hydrogen-bond acceptors (Lipinski definition) is 3. The predicted molar refractivity (Wildman–Crippen MR) is 69.0 cm³/mol. The molecule has 4 N–H and O–H groups in total. The van der Waals surface area contributed by atoms with Crippen molar-refractivity contribution < 1.29 is 15.0 Å². The Hall–Kier alpha value is -1.07. The molecule has 0 aliphatic carbocycles. The Morgan fingerprint density at radius 2 is 2.18 bits per heavy atom. The monoisotopic (exact) mass is 301 g/mol. The van der Waals surface area contributed by atoms with Crippen molar-refractivity contribution in [1.82, 2.24) is 0 Å². The molecular formula is C12H16BrNO3. The summed E-state index contributed by atoms with van der Waals surface area (Å²) in [5.41, 5.74) is 7.29. The molecule has 0 bridgehead atoms. The van der Waals surface area contributed by atoms with Crippen LogP contribution in [0.1, 0.15) is 36.9 Å². The number of phenolic OH excluding ortho intramolecular Hbond substituents is 1. The van der Waals surface area contributed by atoms with Gasteiger partial charge in [-0.15, -0.1) is 0 Å². The summed E-state index contributed by atoms with van der Waals surface area (Å²) in [5, 5.41) is 18.6. The van der Waals surface area contributed by atoms with Crippen molar-refractivity contribution in [3.05, 3.63) is 27.7 Å². The first-order valence-electron chi connectivity index (χ1n) is 5.44. The molecule has 0 fully saturated rings. The molecule has 5 heteroatoms. The molecule has 1 aromatic carbocycles. The van der Waals surface area contributed by atoms with E-state index in [2.05, 4.69) is 15.9 Å². The molecule has 0 radical (unpaired) electrons. The maximum Gasteiger partial charge on any atom is 0.303 e. The standard InChI is InChI=1S/C12H16BrNO3/c1-2-7-5-8(13)6-9(12(7)17)10(14)3-4-11(15)16/h5-6,10,17H,2-4,14H2,1H3,(H,15,16). The van der Waals surface area contributed by atoms with Crippen molar-refractivity contribution in [2.24, 2.45) is 5.73 Å². The number of rotatable bonds is 5. The minimum absolute atomic E-state index is 0.00538. The first kappa shape index (κ1) is 14.0. The van der Waals surface area contributed by atoms with Crippen LogP contribution in [0.2, 0.25) is 0 Å². The number of aromatic hydroxyl groups is 1. The minimum Gasteiger partial charge on any atom is -0.507 e. The van der Waals surface area contributed by atoms with Crippen LogP contribution in [0, 0.1) is 0 Å². The van der Waals surface area contributed by atoms with Gasteiger partial charge in [0, 0.05) is 22.5 Å². The lowest BCUT2D eigenvalue weighted by molar-refractivity contribution is -0.137. The van der Waals surface area contributed by atoms with E-state index in [1.54, 1.807) is 6.07 Å². The van der Waals surface area contributed by atoms with Crippen LogP contribution in [0.5, 0.6) is 5.75 Å². The van der Waals surface area contributed by atoms with Crippen LogP contribution in [0.4, 0.5) is 0 Å². The Morgan fingerprint density at radius 3 is 2.71 bits per heavy atom. The summed E-state index contributed by atoms with van der Waals surface area (Å²) in [6.07, 6.45) is 1.00. The van der Waals surface area contributed by atoms with Gasteiger partial charge in [-0.2, -0.15) is 0 Å². The number of halogens is 1. The average Bonchev–Trinajstić information content (AvgIpc) is 2.28. The largest absolute Gasteiger partial charge is 0.507 e. The van der Waals surface area contributed by atoms with Crippen LogP contribution < -0.4 is 5.73 Å². The van der Waals surface area contributed by atoms with E-state index in [0.717, 1.165) is 10.0 Å². The smallest absolute Gasteiger partial charge is 0.303 e. The molecule has 0 aliphatic heterocycles. The summed E-state index contributed by atoms with van der Waals surface area (Å²) in [4.78, 5) is 10.5. The van der Waals surface area contributed by atoms with Crippen molar-refractivity contribution >= 4 is 21.9 Å². The molecule has 1 rings (SSSR count). The average molecular weight is 302 g/mol. The lowest BCUT2D eigenvalue weighted by atomic mass is 9.98. The highest BCUT2D eigenvalue weighted by atomic mass is 79.9. The predicted octanol–water partition coefficient (Wildman–Crippen LogP) is 2.58. The van der Waals surface area contributed by atoms with Crippen molar-refractivity contribution in [1.29, 1.82) is 0 Å². The first-order valence-corrected chi connectivity index (χ1v) is 6.23. The number of benzene rings is 1. The third kappa shape index (κ3) is 3.71. The topological polar surface area (TPSA) is 83.6 Å². The highest BCUT2D eigenvalue weighted by Gasteiger charge is 2.15. The van der Waals surface area contributed by atoms with Gasteiger partial charge < -0.3 is 15.9 Å². The summed E-state index contributed by atoms with van der Waals surface area (Å²) in [6.45, 7) is 1.94. The van der Waals surface area contributed by atoms with Gasteiger partial charge in [0.1, 0.15) is 5.75 Å². The van der Waals surface area contributed by atoms with Gasteiger partial charge in [-0.05, 0) is 30.5 Å². The number of nitrogens with two attached hydrogens (primary N) is 1. The highest BCUT2D eigenvalue weighted by molar-refractivity contribution is 9.10. The maximum atomic E-state index is 10.5. The molecule has 94 valence electrons. The fourth-order valence-electron chi connectivity index (χ4n) is 1.67. The maximum absolute atomic E-state index is 10.5. The van der Waals surface area contributed by atoms with Crippen molar-refractivity contribution in [2.75, 3.05) is 0 Å². The summed E-state index contributed by atoms with van der Waals surface area (Å²) in [7, 11) is 0. The zero-order valence-corrected chi connectivity index (χ0v) is 11.2. The molecule has 1 atom stereocenters. The van der Waals surface area contributed by atoms with Crippen LogP contribution in [0.25, 0.3) is 0 Å². The second-order valence-electron chi connectivity index (χ2n) is 3.90. The van der Waals surface area contributed by atoms with E-state index in [1.165, 1.54) is 0 Å². The Balaban J connectivity index is 2.96. The summed E-state index contributed by atoms with van der Waals surface area (Å²) < 4.78 is 0.841. The highest BCUT2D eigenvalue weighted by Crippen LogP contribution is 2.32. The molecule has 0 heterocycles. The van der Waals surface area contributed by atoms with E-state index < -0.39 is 12.0 Å². The summed E-state index contributed by atoms with van der Waals surface area (Å²) >= 11 is 3.35. The lowest BCUT2D eigenvalue weighted by Gasteiger charge is -2.15. The molecule has 17 heavy (non-hydrogen) atoms. The number of carboxylic acid groups (broad SMARTS) is 1. The van der Waals surface area contributed by atoms with Crippen LogP contribution >= 0.6 is 15.9 Å². The third-order valence-corrected chi connectivity index (χ3v) is 3.09. The molecule has 1 aromatic rings. The third-order valence-electron chi connectivity index (χ3n) is 2.63. The summed E-state index contributed by atoms with van der Waals surface area (Å²) in [6, 6.07) is 3.11. The molecule has 0 spiro atoms. The Labute approximate surface area is 109 Å². The van der Waals surface area contributed by atoms with E-state index in [0.29, 0.717) is 18.4 Å². The van der Waals surface area contributed by atoms with Gasteiger partial charge in [0.05, 0.1) is 0 Å². The van der Waals surface area contributed by atoms with Gasteiger partial charge in [-0.3, -0.25) is 4.79 Å². The number of aliphatic carboxylic acids is 1. The molecule has 1 unspecified atom stereocenters. The molecule has 4 nitrogen and oxygen atoms in total. The number of aryl methyl sites for hydroxylation is 1. The molecule has 0 saturated heterocycles. The van der Waals surface area contributed by atoms with Crippen molar-refractivity contribution in [3.63, 3.8) is 0 Å². The fourth-order valence-corrected chi connectivity index (χ4v) is 2.19. The van der Waals surface area contributed by atoms with E-state index >= 15 is 0 Å². The SMILES string of the molecule is CCc1cc(Br)cc(C(N)CCC(=O)O)c1O. The fraction of sp³-hybridized carbons (Fsp3) is 0.417. The Morgan fingerprint density at radius 1 is 1.53 bits per heavy atom. The number of carboxylic acids is 1. The van der Waals surface area contributed by atoms with Crippen molar-refractivity contribution in [2.45, 2.75) is 32.2 Å². The number of phenols is 1. The summed E-state index contributed by atoms with van der Waals surface area (Å²) in [5.74, 6) is -0.709. The molecule has 0 amide bonds. The van der Waals surface area contributed by atoms with E-state index in [-0.39, 0.29) is 12.2 Å². The second-order valence-corrected chi connectivity index (χ2v) is 4.81. The normalized spacial score (nSPS) is 12.4. The van der Waals surface area contributed by atoms with Crippen LogP contribution in [0.3, 0.4) is 0 Å². The van der Waals surface area contributed by atoms with Gasteiger partial charge in [-0.25, -0.2) is 0 Å². The molecular weight excluding hydrogens is 286 g/mol. The van der Waals surface area contributed by atoms with Gasteiger partial charge in [0.2, 0.25) is 0 Å². The number of hydrogen-bond donors (Lipinski definition) is 3. The van der Waals surface area contributed by atoms with E-state index in [9.17, 15) is 9.90 Å². The minimum atomic E-state index is -0.884. The van der Waals surface area contributed by atoms with Gasteiger partial charge >= 0.3 is 5.97 Å². The van der Waals surface area contributed by atoms with Crippen molar-refractivity contribution in [3.8, 4) is 5.75 Å². The Kier molecular flexibility index (Phi) is 4.96. The zero-order chi connectivity index (χ0) is 13.0. The second kappa shape index (κ2) is 6.02. The zero-order valence-electron chi connectivity index (χ0n) is 9.61. The Bertz CT molecular complexity index is 420. The quantitative estimate of drug-likeness (QED) is 0.780. The van der Waals surface area contributed by atoms with Crippen LogP contribution in [-0.2, 0) is 11.2 Å². The van der Waals surface area contributed by atoms with Gasteiger partial charge in [-0.1, -0.05) is 22.9 Å². The van der Waals surface area contributed by atoms with Crippen LogP contribution in [0.15, 0.2) is 16.6 Å². The molecule has 0 aliphatic rings. The van der Waals surface area contributed by atoms with Gasteiger partial charge in [0.15, 0.2) is 0 Å². The molecule has 0 saturated carbocycles. The van der Waals surface area contributed by atoms with Gasteiger partial charge in [0.25, 0.3) is 0 Å². The van der Waals surface area contributed by atoms with E-state index in [4.69, 9.17) is 10.8 Å². The first-order chi connectivity index (χ1) is 7.95. The van der Waals surface area contributed by atoms with Crippen LogP contribution in [-0.4, -0.2) is 16.2 Å². The van der Waals surface area contributed by atoms with E-state index in [1.807, 2.05) is 13.0 Å². The molecule has 0 aromatic heterocycles.